The van der Waals surface area contributed by atoms with Gasteiger partial charge in [0.15, 0.2) is 0 Å². The van der Waals surface area contributed by atoms with Gasteiger partial charge >= 0.3 is 5.97 Å². The van der Waals surface area contributed by atoms with Crippen LogP contribution in [-0.2, 0) is 4.79 Å². The van der Waals surface area contributed by atoms with Gasteiger partial charge in [-0.3, -0.25) is 4.79 Å². The van der Waals surface area contributed by atoms with Crippen LogP contribution in [0.3, 0.4) is 0 Å². The fraction of sp³-hybridized carbons (Fsp3) is 0.125. The number of carbonyl (C=O) groups is 1. The third-order valence-corrected chi connectivity index (χ3v) is 4.00. The van der Waals surface area contributed by atoms with E-state index in [1.54, 1.807) is 19.2 Å². The standard InChI is InChI=1S/C16H13IN2O3/c1-10(20)22-13-3-5-15-11(7-13)9-19(18-15)16-6-4-12(21-2)8-14(16)17/h3-9H,1-2H3. The summed E-state index contributed by atoms with van der Waals surface area (Å²) in [4.78, 5) is 11.0. The second kappa shape index (κ2) is 5.96. The van der Waals surface area contributed by atoms with Crippen LogP contribution < -0.4 is 9.47 Å². The monoisotopic (exact) mass is 408 g/mol. The molecule has 0 unspecified atom stereocenters. The molecule has 0 aliphatic rings. The number of fused-ring (bicyclic) bond motifs is 1. The predicted octanol–water partition coefficient (Wildman–Crippen LogP) is 3.56. The maximum absolute atomic E-state index is 11.0. The minimum absolute atomic E-state index is 0.337. The Morgan fingerprint density at radius 1 is 1.18 bits per heavy atom. The van der Waals surface area contributed by atoms with Crippen molar-refractivity contribution in [3.05, 3.63) is 46.2 Å². The third kappa shape index (κ3) is 2.92. The van der Waals surface area contributed by atoms with Crippen molar-refractivity contribution in [1.29, 1.82) is 0 Å². The Morgan fingerprint density at radius 2 is 1.95 bits per heavy atom. The zero-order valence-corrected chi connectivity index (χ0v) is 14.2. The van der Waals surface area contributed by atoms with E-state index in [0.717, 1.165) is 25.9 Å². The lowest BCUT2D eigenvalue weighted by Crippen LogP contribution is -2.00. The van der Waals surface area contributed by atoms with Crippen molar-refractivity contribution in [2.75, 3.05) is 7.11 Å². The number of hydrogen-bond acceptors (Lipinski definition) is 4. The fourth-order valence-corrected chi connectivity index (χ4v) is 2.89. The summed E-state index contributed by atoms with van der Waals surface area (Å²) >= 11 is 2.25. The molecule has 22 heavy (non-hydrogen) atoms. The molecule has 0 saturated carbocycles. The van der Waals surface area contributed by atoms with Gasteiger partial charge in [-0.1, -0.05) is 0 Å². The quantitative estimate of drug-likeness (QED) is 0.378. The first-order valence-electron chi connectivity index (χ1n) is 6.58. The van der Waals surface area contributed by atoms with Crippen LogP contribution in [0.4, 0.5) is 0 Å². The zero-order chi connectivity index (χ0) is 15.7. The van der Waals surface area contributed by atoms with E-state index in [2.05, 4.69) is 27.7 Å². The van der Waals surface area contributed by atoms with Gasteiger partial charge in [-0.15, -0.1) is 0 Å². The van der Waals surface area contributed by atoms with Gasteiger partial charge in [0.25, 0.3) is 0 Å². The molecular formula is C16H13IN2O3. The Hall–Kier alpha value is -2.09. The molecule has 5 nitrogen and oxygen atoms in total. The van der Waals surface area contributed by atoms with Crippen molar-refractivity contribution in [3.63, 3.8) is 0 Å². The summed E-state index contributed by atoms with van der Waals surface area (Å²) in [6.45, 7) is 1.38. The fourth-order valence-electron chi connectivity index (χ4n) is 2.16. The van der Waals surface area contributed by atoms with Crippen LogP contribution in [0.1, 0.15) is 6.92 Å². The first-order valence-corrected chi connectivity index (χ1v) is 7.66. The SMILES string of the molecule is COc1ccc(-n2cc3cc(OC(C)=O)ccc3n2)c(I)c1. The van der Waals surface area contributed by atoms with Crippen molar-refractivity contribution in [2.24, 2.45) is 0 Å². The number of benzene rings is 2. The Labute approximate surface area is 141 Å². The van der Waals surface area contributed by atoms with Crippen molar-refractivity contribution in [3.8, 4) is 17.2 Å². The number of esters is 1. The molecule has 0 atom stereocenters. The first-order chi connectivity index (χ1) is 10.6. The lowest BCUT2D eigenvalue weighted by molar-refractivity contribution is -0.131. The van der Waals surface area contributed by atoms with Gasteiger partial charge in [0.2, 0.25) is 0 Å². The van der Waals surface area contributed by atoms with Gasteiger partial charge in [0.05, 0.1) is 18.3 Å². The number of nitrogens with zero attached hydrogens (tertiary/aromatic N) is 2. The highest BCUT2D eigenvalue weighted by molar-refractivity contribution is 14.1. The number of halogens is 1. The van der Waals surface area contributed by atoms with E-state index in [1.807, 2.05) is 35.1 Å². The highest BCUT2D eigenvalue weighted by atomic mass is 127. The maximum atomic E-state index is 11.0. The number of rotatable bonds is 3. The average molecular weight is 408 g/mol. The number of methoxy groups -OCH3 is 1. The summed E-state index contributed by atoms with van der Waals surface area (Å²) in [7, 11) is 1.64. The molecule has 6 heteroatoms. The predicted molar refractivity (Wildman–Crippen MR) is 91.6 cm³/mol. The van der Waals surface area contributed by atoms with Gasteiger partial charge in [-0.05, 0) is 59.0 Å². The third-order valence-electron chi connectivity index (χ3n) is 3.14. The lowest BCUT2D eigenvalue weighted by Gasteiger charge is -2.06. The van der Waals surface area contributed by atoms with Gasteiger partial charge in [-0.2, -0.15) is 5.10 Å². The molecule has 1 aromatic heterocycles. The van der Waals surface area contributed by atoms with E-state index in [4.69, 9.17) is 9.47 Å². The van der Waals surface area contributed by atoms with E-state index in [0.29, 0.717) is 5.75 Å². The number of aromatic nitrogens is 2. The largest absolute Gasteiger partial charge is 0.497 e. The molecule has 0 spiro atoms. The topological polar surface area (TPSA) is 53.4 Å². The lowest BCUT2D eigenvalue weighted by atomic mass is 10.2. The van der Waals surface area contributed by atoms with E-state index >= 15 is 0 Å². The molecule has 0 fully saturated rings. The molecule has 0 aliphatic heterocycles. The minimum atomic E-state index is -0.337. The Balaban J connectivity index is 2.03. The normalized spacial score (nSPS) is 10.7. The van der Waals surface area contributed by atoms with Crippen LogP contribution in [0.5, 0.6) is 11.5 Å². The molecule has 3 aromatic rings. The Bertz CT molecular complexity index is 858. The molecule has 0 saturated heterocycles. The van der Waals surface area contributed by atoms with Gasteiger partial charge in [-0.25, -0.2) is 4.68 Å². The molecule has 3 rings (SSSR count). The van der Waals surface area contributed by atoms with Crippen LogP contribution >= 0.6 is 22.6 Å². The van der Waals surface area contributed by atoms with Crippen molar-refractivity contribution in [1.82, 2.24) is 9.78 Å². The molecule has 0 aliphatic carbocycles. The summed E-state index contributed by atoms with van der Waals surface area (Å²) in [5.41, 5.74) is 1.80. The molecule has 1 heterocycles. The van der Waals surface area contributed by atoms with Gasteiger partial charge < -0.3 is 9.47 Å². The summed E-state index contributed by atoms with van der Waals surface area (Å²) < 4.78 is 13.2. The average Bonchev–Trinajstić information content (AvgIpc) is 2.89. The second-order valence-electron chi connectivity index (χ2n) is 4.71. The minimum Gasteiger partial charge on any atom is -0.497 e. The highest BCUT2D eigenvalue weighted by Crippen LogP contribution is 2.25. The van der Waals surface area contributed by atoms with Crippen LogP contribution in [-0.4, -0.2) is 22.9 Å². The smallest absolute Gasteiger partial charge is 0.308 e. The second-order valence-corrected chi connectivity index (χ2v) is 5.87. The molecule has 0 amide bonds. The first kappa shape index (κ1) is 14.8. The molecule has 0 N–H and O–H groups in total. The molecule has 112 valence electrons. The van der Waals surface area contributed by atoms with Gasteiger partial charge in [0.1, 0.15) is 11.5 Å². The summed E-state index contributed by atoms with van der Waals surface area (Å²) in [6.07, 6.45) is 1.91. The van der Waals surface area contributed by atoms with Crippen LogP contribution in [0, 0.1) is 3.57 Å². The van der Waals surface area contributed by atoms with E-state index in [9.17, 15) is 4.79 Å². The molecule has 0 radical (unpaired) electrons. The van der Waals surface area contributed by atoms with Gasteiger partial charge in [0, 0.05) is 22.1 Å². The molecular weight excluding hydrogens is 395 g/mol. The summed E-state index contributed by atoms with van der Waals surface area (Å²) in [5, 5.41) is 5.46. The van der Waals surface area contributed by atoms with Crippen molar-refractivity contribution >= 4 is 39.5 Å². The maximum Gasteiger partial charge on any atom is 0.308 e. The molecule has 0 bridgehead atoms. The van der Waals surface area contributed by atoms with Crippen molar-refractivity contribution < 1.29 is 14.3 Å². The highest BCUT2D eigenvalue weighted by Gasteiger charge is 2.09. The Kier molecular flexibility index (Phi) is 4.02. The number of ether oxygens (including phenoxy) is 2. The molecule has 2 aromatic carbocycles. The summed E-state index contributed by atoms with van der Waals surface area (Å²) in [5.74, 6) is 0.988. The van der Waals surface area contributed by atoms with E-state index in [1.165, 1.54) is 6.92 Å². The zero-order valence-electron chi connectivity index (χ0n) is 12.0. The summed E-state index contributed by atoms with van der Waals surface area (Å²) in [6, 6.07) is 11.2. The van der Waals surface area contributed by atoms with E-state index in [-0.39, 0.29) is 5.97 Å². The van der Waals surface area contributed by atoms with Crippen molar-refractivity contribution in [2.45, 2.75) is 6.92 Å². The van der Waals surface area contributed by atoms with E-state index < -0.39 is 0 Å². The van der Waals surface area contributed by atoms with Crippen LogP contribution in [0.2, 0.25) is 0 Å². The number of hydrogen-bond donors (Lipinski definition) is 0. The Morgan fingerprint density at radius 3 is 2.64 bits per heavy atom. The number of carbonyl (C=O) groups excluding carboxylic acids is 1. The van der Waals surface area contributed by atoms with Crippen LogP contribution in [0.25, 0.3) is 16.6 Å². The van der Waals surface area contributed by atoms with Crippen LogP contribution in [0.15, 0.2) is 42.6 Å².